The molecular weight excluding hydrogens is 304 g/mol. The average Bonchev–Trinajstić information content (AvgIpc) is 2.81. The zero-order valence-electron chi connectivity index (χ0n) is 9.82. The lowest BCUT2D eigenvalue weighted by Crippen LogP contribution is -2.19. The molecule has 1 aromatic heterocycles. The minimum absolute atomic E-state index is 0.380. The van der Waals surface area contributed by atoms with E-state index in [1.165, 1.54) is 23.1 Å². The van der Waals surface area contributed by atoms with Gasteiger partial charge in [-0.25, -0.2) is 0 Å². The summed E-state index contributed by atoms with van der Waals surface area (Å²) < 4.78 is 0.380. The van der Waals surface area contributed by atoms with E-state index < -0.39 is 11.2 Å². The first-order chi connectivity index (χ1) is 9.15. The van der Waals surface area contributed by atoms with Crippen molar-refractivity contribution in [3.63, 3.8) is 0 Å². The number of hydrogen-bond acceptors (Lipinski definition) is 5. The third kappa shape index (κ3) is 4.49. The predicted octanol–water partition coefficient (Wildman–Crippen LogP) is 3.12. The first kappa shape index (κ1) is 14.3. The summed E-state index contributed by atoms with van der Waals surface area (Å²) in [6, 6.07) is 9.58. The standard InChI is InChI=1S/C12H11ClN2O2S2/c13-12-15-14-10(19-12)7-18-9(11(16)17)6-8-4-2-1-3-5-8/h1-5,9H,6-7H2,(H,16,17). The lowest BCUT2D eigenvalue weighted by molar-refractivity contribution is -0.136. The van der Waals surface area contributed by atoms with Crippen molar-refractivity contribution < 1.29 is 9.90 Å². The highest BCUT2D eigenvalue weighted by Gasteiger charge is 2.19. The largest absolute Gasteiger partial charge is 0.480 e. The summed E-state index contributed by atoms with van der Waals surface area (Å²) in [5.41, 5.74) is 1.01. The van der Waals surface area contributed by atoms with Crippen molar-refractivity contribution >= 4 is 40.7 Å². The molecule has 100 valence electrons. The first-order valence-electron chi connectivity index (χ1n) is 5.51. The van der Waals surface area contributed by atoms with E-state index in [0.29, 0.717) is 16.6 Å². The second kappa shape index (κ2) is 6.88. The van der Waals surface area contributed by atoms with Crippen molar-refractivity contribution in [2.75, 3.05) is 0 Å². The van der Waals surface area contributed by atoms with Crippen LogP contribution in [0.15, 0.2) is 30.3 Å². The predicted molar refractivity (Wildman–Crippen MR) is 77.8 cm³/mol. The normalized spacial score (nSPS) is 12.3. The number of rotatable bonds is 6. The molecule has 0 saturated carbocycles. The molecule has 0 aliphatic heterocycles. The molecule has 2 rings (SSSR count). The molecule has 2 aromatic rings. The Kier molecular flexibility index (Phi) is 5.18. The summed E-state index contributed by atoms with van der Waals surface area (Å²) in [6.07, 6.45) is 0.493. The molecule has 1 atom stereocenters. The van der Waals surface area contributed by atoms with Crippen LogP contribution in [0, 0.1) is 0 Å². The zero-order chi connectivity index (χ0) is 13.7. The first-order valence-corrected chi connectivity index (χ1v) is 7.75. The van der Waals surface area contributed by atoms with Gasteiger partial charge in [-0.15, -0.1) is 22.0 Å². The van der Waals surface area contributed by atoms with E-state index in [1.54, 1.807) is 0 Å². The minimum Gasteiger partial charge on any atom is -0.480 e. The van der Waals surface area contributed by atoms with E-state index in [-0.39, 0.29) is 0 Å². The smallest absolute Gasteiger partial charge is 0.316 e. The van der Waals surface area contributed by atoms with E-state index in [1.807, 2.05) is 30.3 Å². The number of benzene rings is 1. The summed E-state index contributed by atoms with van der Waals surface area (Å²) in [5.74, 6) is -0.307. The number of carbonyl (C=O) groups is 1. The van der Waals surface area contributed by atoms with Gasteiger partial charge in [0.25, 0.3) is 0 Å². The molecule has 0 bridgehead atoms. The summed E-state index contributed by atoms with van der Waals surface area (Å²) in [7, 11) is 0. The van der Waals surface area contributed by atoms with Crippen LogP contribution in [0.5, 0.6) is 0 Å². The number of halogens is 1. The Balaban J connectivity index is 1.95. The number of aliphatic carboxylic acids is 1. The molecule has 0 amide bonds. The van der Waals surface area contributed by atoms with Gasteiger partial charge in [-0.1, -0.05) is 41.7 Å². The Bertz CT molecular complexity index is 548. The molecule has 7 heteroatoms. The van der Waals surface area contributed by atoms with Gasteiger partial charge >= 0.3 is 5.97 Å². The summed E-state index contributed by atoms with van der Waals surface area (Å²) in [4.78, 5) is 11.3. The molecule has 0 aliphatic rings. The summed E-state index contributed by atoms with van der Waals surface area (Å²) >= 11 is 8.31. The van der Waals surface area contributed by atoms with E-state index in [0.717, 1.165) is 10.6 Å². The van der Waals surface area contributed by atoms with E-state index in [9.17, 15) is 9.90 Å². The molecule has 0 fully saturated rings. The quantitative estimate of drug-likeness (QED) is 0.887. The summed E-state index contributed by atoms with van der Waals surface area (Å²) in [5, 5.41) is 17.1. The van der Waals surface area contributed by atoms with Crippen LogP contribution in [0.1, 0.15) is 10.6 Å². The van der Waals surface area contributed by atoms with Gasteiger partial charge in [-0.2, -0.15) is 0 Å². The number of nitrogens with zero attached hydrogens (tertiary/aromatic N) is 2. The molecule has 0 radical (unpaired) electrons. The Hall–Kier alpha value is -1.11. The van der Waals surface area contributed by atoms with Crippen LogP contribution >= 0.6 is 34.7 Å². The fourth-order valence-electron chi connectivity index (χ4n) is 1.51. The average molecular weight is 315 g/mol. The highest BCUT2D eigenvalue weighted by atomic mass is 35.5. The topological polar surface area (TPSA) is 63.1 Å². The van der Waals surface area contributed by atoms with Gasteiger partial charge in [0.05, 0.1) is 0 Å². The lowest BCUT2D eigenvalue weighted by Gasteiger charge is -2.10. The molecule has 4 nitrogen and oxygen atoms in total. The van der Waals surface area contributed by atoms with Gasteiger partial charge in [0.2, 0.25) is 4.47 Å². The lowest BCUT2D eigenvalue weighted by atomic mass is 10.1. The highest BCUT2D eigenvalue weighted by molar-refractivity contribution is 7.99. The van der Waals surface area contributed by atoms with Crippen LogP contribution in [0.3, 0.4) is 0 Å². The van der Waals surface area contributed by atoms with Crippen LogP contribution in [-0.4, -0.2) is 26.5 Å². The van der Waals surface area contributed by atoms with E-state index >= 15 is 0 Å². The van der Waals surface area contributed by atoms with Crippen LogP contribution in [0.4, 0.5) is 0 Å². The van der Waals surface area contributed by atoms with Gasteiger partial charge in [-0.3, -0.25) is 4.79 Å². The molecule has 1 unspecified atom stereocenters. The Morgan fingerprint density at radius 1 is 1.37 bits per heavy atom. The number of aromatic nitrogens is 2. The second-order valence-corrected chi connectivity index (χ2v) is 6.61. The van der Waals surface area contributed by atoms with Crippen LogP contribution < -0.4 is 0 Å². The number of carboxylic acids is 1. The molecule has 1 N–H and O–H groups in total. The molecule has 0 saturated heterocycles. The maximum Gasteiger partial charge on any atom is 0.316 e. The van der Waals surface area contributed by atoms with E-state index in [2.05, 4.69) is 10.2 Å². The van der Waals surface area contributed by atoms with Gasteiger partial charge in [0.15, 0.2) is 0 Å². The SMILES string of the molecule is O=C(O)C(Cc1ccccc1)SCc1nnc(Cl)s1. The van der Waals surface area contributed by atoms with Crippen molar-refractivity contribution in [1.29, 1.82) is 0 Å². The third-order valence-corrected chi connectivity index (χ3v) is 4.80. The second-order valence-electron chi connectivity index (χ2n) is 3.78. The Morgan fingerprint density at radius 3 is 2.68 bits per heavy atom. The van der Waals surface area contributed by atoms with Crippen molar-refractivity contribution in [1.82, 2.24) is 10.2 Å². The number of carboxylic acid groups (broad SMARTS) is 1. The van der Waals surface area contributed by atoms with Crippen molar-refractivity contribution in [2.45, 2.75) is 17.4 Å². The van der Waals surface area contributed by atoms with Crippen LogP contribution in [-0.2, 0) is 17.0 Å². The van der Waals surface area contributed by atoms with Gasteiger partial charge in [0.1, 0.15) is 10.3 Å². The maximum absolute atomic E-state index is 11.3. The Morgan fingerprint density at radius 2 is 2.11 bits per heavy atom. The molecule has 0 spiro atoms. The third-order valence-electron chi connectivity index (χ3n) is 2.39. The van der Waals surface area contributed by atoms with Gasteiger partial charge in [0, 0.05) is 5.75 Å². The van der Waals surface area contributed by atoms with Crippen molar-refractivity contribution in [3.8, 4) is 0 Å². The van der Waals surface area contributed by atoms with Gasteiger partial charge < -0.3 is 5.11 Å². The number of hydrogen-bond donors (Lipinski definition) is 1. The van der Waals surface area contributed by atoms with Crippen LogP contribution in [0.2, 0.25) is 4.47 Å². The van der Waals surface area contributed by atoms with Crippen molar-refractivity contribution in [2.24, 2.45) is 0 Å². The van der Waals surface area contributed by atoms with Gasteiger partial charge in [-0.05, 0) is 23.6 Å². The highest BCUT2D eigenvalue weighted by Crippen LogP contribution is 2.24. The fourth-order valence-corrected chi connectivity index (χ4v) is 3.47. The van der Waals surface area contributed by atoms with E-state index in [4.69, 9.17) is 11.6 Å². The molecule has 0 aliphatic carbocycles. The zero-order valence-corrected chi connectivity index (χ0v) is 12.2. The van der Waals surface area contributed by atoms with Crippen molar-refractivity contribution in [3.05, 3.63) is 45.4 Å². The summed E-state index contributed by atoms with van der Waals surface area (Å²) in [6.45, 7) is 0. The maximum atomic E-state index is 11.3. The Labute approximate surface area is 123 Å². The molecular formula is C12H11ClN2O2S2. The van der Waals surface area contributed by atoms with Crippen LogP contribution in [0.25, 0.3) is 0 Å². The molecule has 1 aromatic carbocycles. The monoisotopic (exact) mass is 314 g/mol. The fraction of sp³-hybridized carbons (Fsp3) is 0.250. The molecule has 19 heavy (non-hydrogen) atoms. The number of thioether (sulfide) groups is 1. The minimum atomic E-state index is -0.815. The molecule has 1 heterocycles.